The van der Waals surface area contributed by atoms with Gasteiger partial charge < -0.3 is 10.1 Å². The standard InChI is InChI=1S/C17H19N3OS/c1-3-21-14-6-4-13(5-7-14)8-9-18-17-16-15(19-11-20-17)12(2)10-22-16/h4-7,10-11H,3,8-9H2,1-2H3,(H,18,19,20). The lowest BCUT2D eigenvalue weighted by molar-refractivity contribution is 0.340. The molecule has 0 spiro atoms. The van der Waals surface area contributed by atoms with Crippen LogP contribution in [0.2, 0.25) is 0 Å². The predicted octanol–water partition coefficient (Wildman–Crippen LogP) is 4.05. The van der Waals surface area contributed by atoms with E-state index in [0.717, 1.165) is 34.7 Å². The van der Waals surface area contributed by atoms with Crippen LogP contribution in [0.25, 0.3) is 10.2 Å². The van der Waals surface area contributed by atoms with Gasteiger partial charge in [0.1, 0.15) is 17.9 Å². The molecule has 2 heterocycles. The molecule has 0 unspecified atom stereocenters. The summed E-state index contributed by atoms with van der Waals surface area (Å²) in [6, 6.07) is 8.25. The molecule has 3 rings (SSSR count). The zero-order chi connectivity index (χ0) is 15.4. The van der Waals surface area contributed by atoms with E-state index in [4.69, 9.17) is 4.74 Å². The van der Waals surface area contributed by atoms with Crippen LogP contribution < -0.4 is 10.1 Å². The smallest absolute Gasteiger partial charge is 0.147 e. The van der Waals surface area contributed by atoms with Gasteiger partial charge in [-0.3, -0.25) is 0 Å². The number of anilines is 1. The van der Waals surface area contributed by atoms with Gasteiger partial charge in [-0.25, -0.2) is 9.97 Å². The van der Waals surface area contributed by atoms with Crippen molar-refractivity contribution in [3.05, 3.63) is 47.1 Å². The fourth-order valence-electron chi connectivity index (χ4n) is 2.34. The molecular formula is C17H19N3OS. The Kier molecular flexibility index (Phi) is 4.53. The molecule has 0 amide bonds. The Balaban J connectivity index is 1.62. The van der Waals surface area contributed by atoms with E-state index >= 15 is 0 Å². The van der Waals surface area contributed by atoms with Gasteiger partial charge >= 0.3 is 0 Å². The number of hydrogen-bond donors (Lipinski definition) is 1. The second-order valence-electron chi connectivity index (χ2n) is 5.07. The molecule has 0 bridgehead atoms. The van der Waals surface area contributed by atoms with Crippen molar-refractivity contribution in [3.63, 3.8) is 0 Å². The van der Waals surface area contributed by atoms with Gasteiger partial charge in [0.25, 0.3) is 0 Å². The molecule has 114 valence electrons. The zero-order valence-corrected chi connectivity index (χ0v) is 13.6. The maximum absolute atomic E-state index is 5.45. The van der Waals surface area contributed by atoms with E-state index in [0.29, 0.717) is 6.61 Å². The molecule has 4 nitrogen and oxygen atoms in total. The van der Waals surface area contributed by atoms with Gasteiger partial charge in [0.2, 0.25) is 0 Å². The number of thiophene rings is 1. The molecular weight excluding hydrogens is 294 g/mol. The molecule has 0 aliphatic heterocycles. The second-order valence-corrected chi connectivity index (χ2v) is 5.95. The Labute approximate surface area is 134 Å². The topological polar surface area (TPSA) is 47.0 Å². The molecule has 0 saturated heterocycles. The number of fused-ring (bicyclic) bond motifs is 1. The highest BCUT2D eigenvalue weighted by molar-refractivity contribution is 7.18. The Bertz CT molecular complexity index is 752. The molecule has 22 heavy (non-hydrogen) atoms. The predicted molar refractivity (Wildman–Crippen MR) is 92.0 cm³/mol. The molecule has 0 atom stereocenters. The Hall–Kier alpha value is -2.14. The van der Waals surface area contributed by atoms with Crippen molar-refractivity contribution in [2.24, 2.45) is 0 Å². The van der Waals surface area contributed by atoms with E-state index in [1.54, 1.807) is 17.7 Å². The highest BCUT2D eigenvalue weighted by atomic mass is 32.1. The molecule has 0 radical (unpaired) electrons. The fraction of sp³-hybridized carbons (Fsp3) is 0.294. The summed E-state index contributed by atoms with van der Waals surface area (Å²) in [5, 5.41) is 5.54. The third kappa shape index (κ3) is 3.20. The monoisotopic (exact) mass is 313 g/mol. The van der Waals surface area contributed by atoms with Crippen molar-refractivity contribution in [1.29, 1.82) is 0 Å². The van der Waals surface area contributed by atoms with Crippen molar-refractivity contribution >= 4 is 27.4 Å². The summed E-state index contributed by atoms with van der Waals surface area (Å²) >= 11 is 1.69. The van der Waals surface area contributed by atoms with Gasteiger partial charge in [0.05, 0.1) is 16.8 Å². The van der Waals surface area contributed by atoms with E-state index in [9.17, 15) is 0 Å². The molecule has 0 aliphatic carbocycles. The van der Waals surface area contributed by atoms with E-state index < -0.39 is 0 Å². The quantitative estimate of drug-likeness (QED) is 0.745. The van der Waals surface area contributed by atoms with Crippen LogP contribution in [0.5, 0.6) is 5.75 Å². The second kappa shape index (κ2) is 6.75. The first kappa shape index (κ1) is 14.8. The third-order valence-corrected chi connectivity index (χ3v) is 4.57. The first-order chi connectivity index (χ1) is 10.8. The van der Waals surface area contributed by atoms with Crippen molar-refractivity contribution in [2.45, 2.75) is 20.3 Å². The molecule has 1 N–H and O–H groups in total. The van der Waals surface area contributed by atoms with Gasteiger partial charge in [-0.1, -0.05) is 12.1 Å². The number of nitrogens with zero attached hydrogens (tertiary/aromatic N) is 2. The highest BCUT2D eigenvalue weighted by Gasteiger charge is 2.07. The maximum Gasteiger partial charge on any atom is 0.147 e. The van der Waals surface area contributed by atoms with Crippen LogP contribution in [0, 0.1) is 6.92 Å². The minimum Gasteiger partial charge on any atom is -0.494 e. The van der Waals surface area contributed by atoms with Crippen LogP contribution >= 0.6 is 11.3 Å². The van der Waals surface area contributed by atoms with Gasteiger partial charge in [-0.05, 0) is 48.9 Å². The van der Waals surface area contributed by atoms with Gasteiger partial charge in [-0.15, -0.1) is 11.3 Å². The van der Waals surface area contributed by atoms with Crippen LogP contribution in [0.1, 0.15) is 18.1 Å². The number of aromatic nitrogens is 2. The van der Waals surface area contributed by atoms with Crippen LogP contribution in [-0.4, -0.2) is 23.1 Å². The van der Waals surface area contributed by atoms with Crippen molar-refractivity contribution < 1.29 is 4.74 Å². The summed E-state index contributed by atoms with van der Waals surface area (Å²) in [6.45, 7) is 5.62. The minimum absolute atomic E-state index is 0.699. The Morgan fingerprint density at radius 1 is 1.18 bits per heavy atom. The molecule has 2 aromatic heterocycles. The molecule has 1 aromatic carbocycles. The lowest BCUT2D eigenvalue weighted by Crippen LogP contribution is -2.06. The number of aryl methyl sites for hydroxylation is 1. The van der Waals surface area contributed by atoms with E-state index in [1.807, 2.05) is 19.1 Å². The SMILES string of the molecule is CCOc1ccc(CCNc2ncnc3c(C)csc23)cc1. The van der Waals surface area contributed by atoms with Gasteiger partial charge in [0.15, 0.2) is 0 Å². The van der Waals surface area contributed by atoms with E-state index in [2.05, 4.69) is 39.7 Å². The summed E-state index contributed by atoms with van der Waals surface area (Å²) in [5.74, 6) is 1.85. The van der Waals surface area contributed by atoms with Crippen LogP contribution in [-0.2, 0) is 6.42 Å². The molecule has 3 aromatic rings. The number of rotatable bonds is 6. The lowest BCUT2D eigenvalue weighted by atomic mass is 10.1. The number of hydrogen-bond acceptors (Lipinski definition) is 5. The molecule has 0 aliphatic rings. The summed E-state index contributed by atoms with van der Waals surface area (Å²) in [6.07, 6.45) is 2.57. The first-order valence-corrected chi connectivity index (χ1v) is 8.30. The minimum atomic E-state index is 0.699. The molecule has 5 heteroatoms. The highest BCUT2D eigenvalue weighted by Crippen LogP contribution is 2.28. The number of ether oxygens (including phenoxy) is 1. The largest absolute Gasteiger partial charge is 0.494 e. The molecule has 0 fully saturated rings. The van der Waals surface area contributed by atoms with Crippen LogP contribution in [0.15, 0.2) is 36.0 Å². The van der Waals surface area contributed by atoms with E-state index in [-0.39, 0.29) is 0 Å². The van der Waals surface area contributed by atoms with Gasteiger partial charge in [-0.2, -0.15) is 0 Å². The third-order valence-electron chi connectivity index (χ3n) is 3.47. The Morgan fingerprint density at radius 3 is 2.77 bits per heavy atom. The summed E-state index contributed by atoms with van der Waals surface area (Å²) in [5.41, 5.74) is 3.53. The molecule has 0 saturated carbocycles. The summed E-state index contributed by atoms with van der Waals surface area (Å²) in [7, 11) is 0. The van der Waals surface area contributed by atoms with Crippen LogP contribution in [0.4, 0.5) is 5.82 Å². The Morgan fingerprint density at radius 2 is 2.00 bits per heavy atom. The van der Waals surface area contributed by atoms with Crippen molar-refractivity contribution in [3.8, 4) is 5.75 Å². The normalized spacial score (nSPS) is 10.8. The van der Waals surface area contributed by atoms with Crippen LogP contribution in [0.3, 0.4) is 0 Å². The van der Waals surface area contributed by atoms with Crippen molar-refractivity contribution in [2.75, 3.05) is 18.5 Å². The zero-order valence-electron chi connectivity index (χ0n) is 12.8. The fourth-order valence-corrected chi connectivity index (χ4v) is 3.31. The van der Waals surface area contributed by atoms with E-state index in [1.165, 1.54) is 11.1 Å². The number of nitrogens with one attached hydrogen (secondary N) is 1. The number of benzene rings is 1. The van der Waals surface area contributed by atoms with Gasteiger partial charge in [0, 0.05) is 6.54 Å². The summed E-state index contributed by atoms with van der Waals surface area (Å²) in [4.78, 5) is 8.70. The first-order valence-electron chi connectivity index (χ1n) is 7.42. The maximum atomic E-state index is 5.45. The lowest BCUT2D eigenvalue weighted by Gasteiger charge is -2.07. The average molecular weight is 313 g/mol. The average Bonchev–Trinajstić information content (AvgIpc) is 2.92. The van der Waals surface area contributed by atoms with Crippen molar-refractivity contribution in [1.82, 2.24) is 9.97 Å². The summed E-state index contributed by atoms with van der Waals surface area (Å²) < 4.78 is 6.59.